The number of alkyl halides is 1. The highest BCUT2D eigenvalue weighted by Crippen LogP contribution is 2.37. The largest absolute Gasteiger partial charge is 0.380 e. The molecular weight excluding hydrogens is 278 g/mol. The van der Waals surface area contributed by atoms with Crippen molar-refractivity contribution < 1.29 is 4.74 Å². The first kappa shape index (κ1) is 13.8. The standard InChI is InChI=1S/C14H26BrNO/c1-16(13-6-9-17-10-13)12-14(11-15)7-4-2-3-5-8-14/h13H,2-12H2,1H3. The number of likely N-dealkylation sites (N-methyl/N-ethyl adjacent to an activating group) is 1. The smallest absolute Gasteiger partial charge is 0.0622 e. The summed E-state index contributed by atoms with van der Waals surface area (Å²) in [4.78, 5) is 2.56. The lowest BCUT2D eigenvalue weighted by atomic mass is 9.81. The van der Waals surface area contributed by atoms with E-state index in [-0.39, 0.29) is 0 Å². The Bertz CT molecular complexity index is 220. The van der Waals surface area contributed by atoms with Gasteiger partial charge in [0.2, 0.25) is 0 Å². The van der Waals surface area contributed by atoms with Crippen LogP contribution in [0.2, 0.25) is 0 Å². The normalized spacial score (nSPS) is 29.5. The lowest BCUT2D eigenvalue weighted by molar-refractivity contribution is 0.116. The van der Waals surface area contributed by atoms with Gasteiger partial charge in [0.05, 0.1) is 6.61 Å². The molecule has 0 N–H and O–H groups in total. The molecule has 1 atom stereocenters. The zero-order valence-corrected chi connectivity index (χ0v) is 12.7. The van der Waals surface area contributed by atoms with Crippen LogP contribution in [0.1, 0.15) is 44.9 Å². The molecule has 17 heavy (non-hydrogen) atoms. The van der Waals surface area contributed by atoms with E-state index in [1.165, 1.54) is 51.5 Å². The lowest BCUT2D eigenvalue weighted by Gasteiger charge is -2.37. The monoisotopic (exact) mass is 303 g/mol. The SMILES string of the molecule is CN(CC1(CBr)CCCCCC1)C1CCOC1. The van der Waals surface area contributed by atoms with Gasteiger partial charge in [0, 0.05) is 24.5 Å². The number of nitrogens with zero attached hydrogens (tertiary/aromatic N) is 1. The zero-order valence-electron chi connectivity index (χ0n) is 11.1. The topological polar surface area (TPSA) is 12.5 Å². The van der Waals surface area contributed by atoms with Gasteiger partial charge in [-0.15, -0.1) is 0 Å². The maximum Gasteiger partial charge on any atom is 0.0622 e. The molecule has 2 aliphatic rings. The lowest BCUT2D eigenvalue weighted by Crippen LogP contribution is -2.42. The molecule has 1 aliphatic carbocycles. The number of hydrogen-bond acceptors (Lipinski definition) is 2. The van der Waals surface area contributed by atoms with Gasteiger partial charge in [-0.05, 0) is 31.7 Å². The molecule has 1 aliphatic heterocycles. The van der Waals surface area contributed by atoms with Crippen molar-refractivity contribution in [2.24, 2.45) is 5.41 Å². The molecule has 0 radical (unpaired) electrons. The van der Waals surface area contributed by atoms with Crippen molar-refractivity contribution in [3.8, 4) is 0 Å². The minimum atomic E-state index is 0.522. The van der Waals surface area contributed by atoms with Gasteiger partial charge in [-0.25, -0.2) is 0 Å². The van der Waals surface area contributed by atoms with Crippen LogP contribution in [0.25, 0.3) is 0 Å². The third kappa shape index (κ3) is 3.68. The molecule has 0 amide bonds. The van der Waals surface area contributed by atoms with Crippen molar-refractivity contribution in [2.45, 2.75) is 51.0 Å². The van der Waals surface area contributed by atoms with Crippen molar-refractivity contribution in [3.63, 3.8) is 0 Å². The maximum atomic E-state index is 5.51. The highest BCUT2D eigenvalue weighted by atomic mass is 79.9. The molecule has 1 saturated heterocycles. The van der Waals surface area contributed by atoms with Gasteiger partial charge in [0.15, 0.2) is 0 Å². The van der Waals surface area contributed by atoms with Gasteiger partial charge in [-0.2, -0.15) is 0 Å². The predicted octanol–water partition coefficient (Wildman–Crippen LogP) is 3.44. The number of hydrogen-bond donors (Lipinski definition) is 0. The van der Waals surface area contributed by atoms with E-state index in [2.05, 4.69) is 27.9 Å². The third-order valence-electron chi connectivity index (χ3n) is 4.56. The molecule has 1 unspecified atom stereocenters. The van der Waals surface area contributed by atoms with E-state index in [9.17, 15) is 0 Å². The number of halogens is 1. The van der Waals surface area contributed by atoms with Crippen LogP contribution in [-0.2, 0) is 4.74 Å². The minimum absolute atomic E-state index is 0.522. The van der Waals surface area contributed by atoms with Crippen molar-refractivity contribution in [1.29, 1.82) is 0 Å². The van der Waals surface area contributed by atoms with Crippen LogP contribution in [0.5, 0.6) is 0 Å². The van der Waals surface area contributed by atoms with Gasteiger partial charge in [-0.3, -0.25) is 0 Å². The first-order valence-electron chi connectivity index (χ1n) is 7.10. The molecule has 2 nitrogen and oxygen atoms in total. The van der Waals surface area contributed by atoms with Crippen LogP contribution in [0, 0.1) is 5.41 Å². The van der Waals surface area contributed by atoms with Crippen LogP contribution >= 0.6 is 15.9 Å². The Morgan fingerprint density at radius 2 is 1.94 bits per heavy atom. The van der Waals surface area contributed by atoms with Gasteiger partial charge >= 0.3 is 0 Å². The molecule has 0 aromatic carbocycles. The second-order valence-corrected chi connectivity index (χ2v) is 6.54. The number of rotatable bonds is 4. The Balaban J connectivity index is 1.92. The Kier molecular flexibility index (Phi) is 5.31. The molecule has 0 bridgehead atoms. The summed E-state index contributed by atoms with van der Waals surface area (Å²) in [5, 5.41) is 1.16. The fourth-order valence-corrected chi connectivity index (χ4v) is 4.08. The van der Waals surface area contributed by atoms with Crippen molar-refractivity contribution in [1.82, 2.24) is 4.90 Å². The summed E-state index contributed by atoms with van der Waals surface area (Å²) in [6.07, 6.45) is 9.72. The highest BCUT2D eigenvalue weighted by Gasteiger charge is 2.33. The van der Waals surface area contributed by atoms with Crippen LogP contribution < -0.4 is 0 Å². The summed E-state index contributed by atoms with van der Waals surface area (Å²) < 4.78 is 5.51. The van der Waals surface area contributed by atoms with Gasteiger partial charge in [-0.1, -0.05) is 41.6 Å². The van der Waals surface area contributed by atoms with Gasteiger partial charge < -0.3 is 9.64 Å². The van der Waals surface area contributed by atoms with E-state index in [1.807, 2.05) is 0 Å². The molecule has 100 valence electrons. The second-order valence-electron chi connectivity index (χ2n) is 5.98. The summed E-state index contributed by atoms with van der Waals surface area (Å²) in [5.41, 5.74) is 0.522. The predicted molar refractivity (Wildman–Crippen MR) is 75.8 cm³/mol. The zero-order chi connectivity index (χ0) is 12.1. The van der Waals surface area contributed by atoms with Crippen LogP contribution in [0.3, 0.4) is 0 Å². The van der Waals surface area contributed by atoms with E-state index in [4.69, 9.17) is 4.74 Å². The Hall–Kier alpha value is 0.400. The van der Waals surface area contributed by atoms with Crippen molar-refractivity contribution >= 4 is 15.9 Å². The molecule has 3 heteroatoms. The molecule has 0 spiro atoms. The summed E-state index contributed by atoms with van der Waals surface area (Å²) >= 11 is 3.78. The van der Waals surface area contributed by atoms with Gasteiger partial charge in [0.1, 0.15) is 0 Å². The molecule has 0 aromatic heterocycles. The molecule has 2 fully saturated rings. The van der Waals surface area contributed by atoms with Crippen LogP contribution in [0.4, 0.5) is 0 Å². The summed E-state index contributed by atoms with van der Waals surface area (Å²) in [7, 11) is 2.29. The quantitative estimate of drug-likeness (QED) is 0.583. The molecule has 0 aromatic rings. The minimum Gasteiger partial charge on any atom is -0.380 e. The molecule has 1 heterocycles. The summed E-state index contributed by atoms with van der Waals surface area (Å²) in [6.45, 7) is 3.14. The maximum absolute atomic E-state index is 5.51. The Morgan fingerprint density at radius 3 is 2.47 bits per heavy atom. The first-order chi connectivity index (χ1) is 8.26. The number of ether oxygens (including phenoxy) is 1. The average molecular weight is 304 g/mol. The second kappa shape index (κ2) is 6.53. The van der Waals surface area contributed by atoms with Crippen molar-refractivity contribution in [2.75, 3.05) is 32.1 Å². The van der Waals surface area contributed by atoms with Crippen molar-refractivity contribution in [3.05, 3.63) is 0 Å². The summed E-state index contributed by atoms with van der Waals surface area (Å²) in [5.74, 6) is 0. The van der Waals surface area contributed by atoms with E-state index < -0.39 is 0 Å². The van der Waals surface area contributed by atoms with E-state index in [0.29, 0.717) is 11.5 Å². The Morgan fingerprint density at radius 1 is 1.24 bits per heavy atom. The fourth-order valence-electron chi connectivity index (χ4n) is 3.34. The fraction of sp³-hybridized carbons (Fsp3) is 1.00. The molecule has 1 saturated carbocycles. The molecular formula is C14H26BrNO. The summed E-state index contributed by atoms with van der Waals surface area (Å²) in [6, 6.07) is 0.661. The highest BCUT2D eigenvalue weighted by molar-refractivity contribution is 9.09. The van der Waals surface area contributed by atoms with E-state index in [0.717, 1.165) is 18.5 Å². The van der Waals surface area contributed by atoms with E-state index in [1.54, 1.807) is 0 Å². The Labute approximate surface area is 114 Å². The first-order valence-corrected chi connectivity index (χ1v) is 8.22. The third-order valence-corrected chi connectivity index (χ3v) is 5.75. The molecule has 2 rings (SSSR count). The van der Waals surface area contributed by atoms with Crippen LogP contribution in [0.15, 0.2) is 0 Å². The van der Waals surface area contributed by atoms with E-state index >= 15 is 0 Å². The van der Waals surface area contributed by atoms with Crippen LogP contribution in [-0.4, -0.2) is 43.1 Å². The van der Waals surface area contributed by atoms with Gasteiger partial charge in [0.25, 0.3) is 0 Å². The average Bonchev–Trinajstić information content (AvgIpc) is 2.78.